The Bertz CT molecular complexity index is 1120. The number of likely N-dealkylation sites (tertiary alicyclic amines) is 1. The first-order chi connectivity index (χ1) is 13.8. The van der Waals surface area contributed by atoms with Crippen LogP contribution in [0, 0.1) is 5.53 Å². The molecule has 0 spiro atoms. The van der Waals surface area contributed by atoms with Crippen molar-refractivity contribution in [2.75, 3.05) is 20.1 Å². The van der Waals surface area contributed by atoms with Crippen LogP contribution < -0.4 is 5.32 Å². The van der Waals surface area contributed by atoms with Crippen molar-refractivity contribution < 1.29 is 14.1 Å². The van der Waals surface area contributed by atoms with Gasteiger partial charge in [0.05, 0.1) is 23.8 Å². The zero-order valence-corrected chi connectivity index (χ0v) is 16.8. The summed E-state index contributed by atoms with van der Waals surface area (Å²) in [6.45, 7) is 1.94. The third-order valence-corrected chi connectivity index (χ3v) is 5.39. The summed E-state index contributed by atoms with van der Waals surface area (Å²) < 4.78 is 31.5. The minimum atomic E-state index is -2.90. The molecule has 4 rings (SSSR count). The van der Waals surface area contributed by atoms with E-state index in [1.54, 1.807) is 59.4 Å². The molecule has 1 aliphatic heterocycles. The van der Waals surface area contributed by atoms with Crippen LogP contribution in [0.2, 0.25) is 5.02 Å². The Labute approximate surface area is 170 Å². The van der Waals surface area contributed by atoms with Gasteiger partial charge < -0.3 is 9.88 Å². The summed E-state index contributed by atoms with van der Waals surface area (Å²) >= 11 is 6.20. The van der Waals surface area contributed by atoms with Gasteiger partial charge in [0.1, 0.15) is 30.0 Å². The van der Waals surface area contributed by atoms with Gasteiger partial charge in [-0.2, -0.15) is 5.11 Å². The van der Waals surface area contributed by atoms with Crippen LogP contribution in [0.5, 0.6) is 0 Å². The molecule has 0 amide bonds. The van der Waals surface area contributed by atoms with Crippen molar-refractivity contribution in [2.45, 2.75) is 25.4 Å². The van der Waals surface area contributed by atoms with Crippen LogP contribution in [-0.2, 0) is 6.54 Å². The SMILES string of the molecule is C/C(=C/[NH2+]Cc1nc2cnc3ccc(Cl)cc3c2n1C1CN(C)CC1(F)F)N=N. The van der Waals surface area contributed by atoms with E-state index in [4.69, 9.17) is 17.1 Å². The number of imidazole rings is 1. The lowest BCUT2D eigenvalue weighted by molar-refractivity contribution is -0.607. The van der Waals surface area contributed by atoms with E-state index in [2.05, 4.69) is 15.1 Å². The van der Waals surface area contributed by atoms with Gasteiger partial charge in [-0.15, -0.1) is 0 Å². The Kier molecular flexibility index (Phi) is 5.05. The number of allylic oxidation sites excluding steroid dienone is 1. The van der Waals surface area contributed by atoms with E-state index in [-0.39, 0.29) is 13.1 Å². The van der Waals surface area contributed by atoms with Crippen LogP contribution in [-0.4, -0.2) is 45.5 Å². The van der Waals surface area contributed by atoms with E-state index in [1.165, 1.54) is 0 Å². The van der Waals surface area contributed by atoms with Crippen LogP contribution in [0.3, 0.4) is 0 Å². The van der Waals surface area contributed by atoms with Gasteiger partial charge in [0.2, 0.25) is 0 Å². The molecular formula is C19H21ClF2N7+. The predicted octanol–water partition coefficient (Wildman–Crippen LogP) is 3.32. The molecule has 3 heterocycles. The molecule has 0 saturated carbocycles. The first-order valence-corrected chi connectivity index (χ1v) is 9.57. The van der Waals surface area contributed by atoms with Crippen LogP contribution in [0.15, 0.2) is 41.4 Å². The molecule has 29 heavy (non-hydrogen) atoms. The van der Waals surface area contributed by atoms with E-state index in [1.807, 2.05) is 0 Å². The maximum absolute atomic E-state index is 14.9. The molecule has 152 valence electrons. The fourth-order valence-corrected chi connectivity index (χ4v) is 4.05. The van der Waals surface area contributed by atoms with E-state index in [9.17, 15) is 8.78 Å². The molecule has 1 unspecified atom stereocenters. The van der Waals surface area contributed by atoms with Crippen molar-refractivity contribution >= 4 is 33.5 Å². The number of nitrogens with zero attached hydrogens (tertiary/aromatic N) is 5. The number of nitrogens with one attached hydrogen (secondary N) is 1. The second-order valence-corrected chi connectivity index (χ2v) is 7.82. The number of benzene rings is 1. The van der Waals surface area contributed by atoms with Crippen LogP contribution in [0.1, 0.15) is 18.8 Å². The van der Waals surface area contributed by atoms with Gasteiger partial charge >= 0.3 is 0 Å². The highest BCUT2D eigenvalue weighted by Gasteiger charge is 2.49. The topological polar surface area (TPSA) is 86.8 Å². The average molecular weight is 421 g/mol. The minimum absolute atomic E-state index is 0.215. The van der Waals surface area contributed by atoms with Gasteiger partial charge in [-0.25, -0.2) is 19.3 Å². The normalized spacial score (nSPS) is 20.0. The fraction of sp³-hybridized carbons (Fsp3) is 0.368. The number of rotatable bonds is 5. The highest BCUT2D eigenvalue weighted by atomic mass is 35.5. The van der Waals surface area contributed by atoms with Crippen molar-refractivity contribution in [3.05, 3.63) is 47.1 Å². The van der Waals surface area contributed by atoms with E-state index < -0.39 is 12.0 Å². The number of hydrogen-bond acceptors (Lipinski definition) is 5. The van der Waals surface area contributed by atoms with Gasteiger partial charge in [0.15, 0.2) is 5.82 Å². The summed E-state index contributed by atoms with van der Waals surface area (Å²) in [5.74, 6) is -2.38. The van der Waals surface area contributed by atoms with Gasteiger partial charge in [-0.1, -0.05) is 11.6 Å². The maximum Gasteiger partial charge on any atom is 0.282 e. The molecule has 1 aromatic carbocycles. The first-order valence-electron chi connectivity index (χ1n) is 9.19. The summed E-state index contributed by atoms with van der Waals surface area (Å²) in [5.41, 5.74) is 9.41. The predicted molar refractivity (Wildman–Crippen MR) is 106 cm³/mol. The highest BCUT2D eigenvalue weighted by molar-refractivity contribution is 6.31. The Morgan fingerprint density at radius 3 is 2.93 bits per heavy atom. The number of fused-ring (bicyclic) bond motifs is 3. The van der Waals surface area contributed by atoms with E-state index in [0.29, 0.717) is 45.0 Å². The third-order valence-electron chi connectivity index (χ3n) is 5.15. The Morgan fingerprint density at radius 1 is 1.45 bits per heavy atom. The summed E-state index contributed by atoms with van der Waals surface area (Å²) in [5, 5.41) is 6.34. The largest absolute Gasteiger partial charge is 0.312 e. The lowest BCUT2D eigenvalue weighted by Crippen LogP contribution is -2.76. The summed E-state index contributed by atoms with van der Waals surface area (Å²) in [6.07, 6.45) is 3.30. The quantitative estimate of drug-likeness (QED) is 0.621. The number of likely N-dealkylation sites (N-methyl/N-ethyl adjacent to an activating group) is 1. The lowest BCUT2D eigenvalue weighted by atomic mass is 10.1. The van der Waals surface area contributed by atoms with Crippen molar-refractivity contribution in [3.63, 3.8) is 0 Å². The molecular weight excluding hydrogens is 400 g/mol. The molecule has 2 aromatic heterocycles. The molecule has 7 nitrogen and oxygen atoms in total. The third kappa shape index (κ3) is 3.61. The molecule has 1 aliphatic rings. The van der Waals surface area contributed by atoms with E-state index in [0.717, 1.165) is 0 Å². The zero-order valence-electron chi connectivity index (χ0n) is 16.0. The van der Waals surface area contributed by atoms with Gasteiger partial charge in [-0.3, -0.25) is 9.88 Å². The zero-order chi connectivity index (χ0) is 20.8. The average Bonchev–Trinajstić information content (AvgIpc) is 3.16. The van der Waals surface area contributed by atoms with Crippen LogP contribution >= 0.6 is 11.6 Å². The fourth-order valence-electron chi connectivity index (χ4n) is 3.88. The number of pyridine rings is 1. The molecule has 0 radical (unpaired) electrons. The summed E-state index contributed by atoms with van der Waals surface area (Å²) in [4.78, 5) is 10.7. The second-order valence-electron chi connectivity index (χ2n) is 7.38. The molecule has 1 fully saturated rings. The molecule has 10 heteroatoms. The number of hydrogen-bond donors (Lipinski definition) is 2. The standard InChI is InChI=1S/C19H20ClF2N7/c1-11(27-23)6-24-8-17-26-15-7-25-14-4-3-12(20)5-13(14)18(15)29(17)16-9-28(2)10-19(16,21)22/h3-7,16,23-24H,8-10H2,1-2H3/p+1/b11-6-,27-23?. The number of aromatic nitrogens is 3. The van der Waals surface area contributed by atoms with Gasteiger partial charge in [0, 0.05) is 17.0 Å². The summed E-state index contributed by atoms with van der Waals surface area (Å²) in [7, 11) is 1.69. The number of nitrogens with two attached hydrogens (primary N) is 1. The van der Waals surface area contributed by atoms with Crippen molar-refractivity contribution in [1.29, 1.82) is 5.53 Å². The lowest BCUT2D eigenvalue weighted by Gasteiger charge is -2.22. The van der Waals surface area contributed by atoms with E-state index >= 15 is 0 Å². The number of halogens is 3. The number of quaternary nitrogens is 1. The molecule has 3 N–H and O–H groups in total. The first kappa shape index (κ1) is 19.8. The van der Waals surface area contributed by atoms with Gasteiger partial charge in [-0.05, 0) is 32.2 Å². The minimum Gasteiger partial charge on any atom is -0.312 e. The molecule has 0 aliphatic carbocycles. The highest BCUT2D eigenvalue weighted by Crippen LogP contribution is 2.40. The Balaban J connectivity index is 1.93. The Hall–Kier alpha value is -2.49. The smallest absolute Gasteiger partial charge is 0.282 e. The second kappa shape index (κ2) is 7.40. The molecule has 3 aromatic rings. The molecule has 0 bridgehead atoms. The molecule has 1 atom stereocenters. The van der Waals surface area contributed by atoms with Crippen molar-refractivity contribution in [2.24, 2.45) is 5.11 Å². The Morgan fingerprint density at radius 2 is 2.24 bits per heavy atom. The maximum atomic E-state index is 14.9. The van der Waals surface area contributed by atoms with Crippen molar-refractivity contribution in [1.82, 2.24) is 19.4 Å². The van der Waals surface area contributed by atoms with Crippen LogP contribution in [0.25, 0.3) is 21.9 Å². The monoisotopic (exact) mass is 420 g/mol. The van der Waals surface area contributed by atoms with Gasteiger partial charge in [0.25, 0.3) is 5.92 Å². The van der Waals surface area contributed by atoms with Crippen molar-refractivity contribution in [3.8, 4) is 0 Å². The number of alkyl halides is 2. The van der Waals surface area contributed by atoms with Crippen LogP contribution in [0.4, 0.5) is 8.78 Å². The molecule has 1 saturated heterocycles. The summed E-state index contributed by atoms with van der Waals surface area (Å²) in [6, 6.07) is 4.21.